The maximum atomic E-state index is 10.1. The molecule has 0 amide bonds. The summed E-state index contributed by atoms with van der Waals surface area (Å²) in [5, 5.41) is 0.148. The van der Waals surface area contributed by atoms with Crippen LogP contribution in [0.25, 0.3) is 0 Å². The van der Waals surface area contributed by atoms with Gasteiger partial charge in [0.1, 0.15) is 6.54 Å². The van der Waals surface area contributed by atoms with Crippen molar-refractivity contribution in [3.8, 4) is 0 Å². The molecule has 0 aromatic heterocycles. The van der Waals surface area contributed by atoms with Crippen molar-refractivity contribution >= 4 is 22.4 Å². The molecule has 0 aromatic rings. The van der Waals surface area contributed by atoms with Crippen molar-refractivity contribution < 1.29 is 4.79 Å². The molecule has 3 heteroatoms. The molecule has 2 nitrogen and oxygen atoms in total. The lowest BCUT2D eigenvalue weighted by molar-refractivity contribution is -0.109. The SMILES string of the molecule is CC.O=C1CN=CS1. The van der Waals surface area contributed by atoms with E-state index in [1.165, 1.54) is 11.8 Å². The molecule has 0 unspecified atom stereocenters. The van der Waals surface area contributed by atoms with Crippen molar-refractivity contribution in [2.45, 2.75) is 13.8 Å². The van der Waals surface area contributed by atoms with Crippen LogP contribution in [0.5, 0.6) is 0 Å². The molecule has 0 saturated heterocycles. The molecule has 1 aliphatic rings. The fraction of sp³-hybridized carbons (Fsp3) is 0.600. The number of nitrogens with zero attached hydrogens (tertiary/aromatic N) is 1. The van der Waals surface area contributed by atoms with Crippen molar-refractivity contribution in [1.29, 1.82) is 0 Å². The highest BCUT2D eigenvalue weighted by atomic mass is 32.2. The van der Waals surface area contributed by atoms with Gasteiger partial charge in [-0.2, -0.15) is 0 Å². The number of aliphatic imine (C=N–C) groups is 1. The van der Waals surface area contributed by atoms with Gasteiger partial charge in [-0.3, -0.25) is 9.79 Å². The van der Waals surface area contributed by atoms with Gasteiger partial charge in [0.15, 0.2) is 0 Å². The lowest BCUT2D eigenvalue weighted by atomic mass is 10.8. The van der Waals surface area contributed by atoms with Crippen molar-refractivity contribution in [3.05, 3.63) is 0 Å². The molecule has 0 spiro atoms. The highest BCUT2D eigenvalue weighted by Crippen LogP contribution is 2.03. The second-order valence-corrected chi connectivity index (χ2v) is 1.84. The van der Waals surface area contributed by atoms with Crippen molar-refractivity contribution in [2.24, 2.45) is 4.99 Å². The number of carbonyl (C=O) groups excluding carboxylic acids is 1. The van der Waals surface area contributed by atoms with Crippen LogP contribution < -0.4 is 0 Å². The largest absolute Gasteiger partial charge is 0.285 e. The van der Waals surface area contributed by atoms with Gasteiger partial charge in [-0.15, -0.1) is 0 Å². The first-order valence-electron chi connectivity index (χ1n) is 2.57. The number of hydrogen-bond acceptors (Lipinski definition) is 3. The molecular weight excluding hydrogens is 122 g/mol. The van der Waals surface area contributed by atoms with Gasteiger partial charge in [0.05, 0.1) is 5.55 Å². The van der Waals surface area contributed by atoms with Gasteiger partial charge >= 0.3 is 0 Å². The Balaban J connectivity index is 0.000000222. The molecule has 0 radical (unpaired) electrons. The van der Waals surface area contributed by atoms with E-state index in [9.17, 15) is 4.79 Å². The van der Waals surface area contributed by atoms with Gasteiger partial charge in [0.2, 0.25) is 5.12 Å². The van der Waals surface area contributed by atoms with E-state index in [1.54, 1.807) is 5.55 Å². The highest BCUT2D eigenvalue weighted by molar-refractivity contribution is 8.25. The topological polar surface area (TPSA) is 29.4 Å². The first kappa shape index (κ1) is 7.69. The van der Waals surface area contributed by atoms with E-state index in [2.05, 4.69) is 4.99 Å². The van der Waals surface area contributed by atoms with Crippen LogP contribution in [0.4, 0.5) is 0 Å². The van der Waals surface area contributed by atoms with Gasteiger partial charge in [-0.1, -0.05) is 13.8 Å². The Bertz CT molecular complexity index is 90.6. The quantitative estimate of drug-likeness (QED) is 0.496. The van der Waals surface area contributed by atoms with E-state index in [4.69, 9.17) is 0 Å². The van der Waals surface area contributed by atoms with Crippen molar-refractivity contribution in [3.63, 3.8) is 0 Å². The summed E-state index contributed by atoms with van der Waals surface area (Å²) in [6.07, 6.45) is 0. The number of hydrogen-bond donors (Lipinski definition) is 0. The van der Waals surface area contributed by atoms with E-state index in [0.717, 1.165) is 0 Å². The summed E-state index contributed by atoms with van der Waals surface area (Å²) in [5.74, 6) is 0. The zero-order chi connectivity index (χ0) is 6.41. The smallest absolute Gasteiger partial charge is 0.215 e. The molecule has 0 aliphatic carbocycles. The summed E-state index contributed by atoms with van der Waals surface area (Å²) in [7, 11) is 0. The van der Waals surface area contributed by atoms with E-state index < -0.39 is 0 Å². The highest BCUT2D eigenvalue weighted by Gasteiger charge is 2.02. The molecule has 1 heterocycles. The normalized spacial score (nSPS) is 15.5. The van der Waals surface area contributed by atoms with Crippen LogP contribution in [0.2, 0.25) is 0 Å². The second kappa shape index (κ2) is 4.84. The average molecular weight is 131 g/mol. The van der Waals surface area contributed by atoms with Crippen LogP contribution in [-0.2, 0) is 4.79 Å². The van der Waals surface area contributed by atoms with Crippen LogP contribution in [0.15, 0.2) is 4.99 Å². The molecule has 0 N–H and O–H groups in total. The summed E-state index contributed by atoms with van der Waals surface area (Å²) < 4.78 is 0. The van der Waals surface area contributed by atoms with E-state index in [0.29, 0.717) is 6.54 Å². The molecule has 1 rings (SSSR count). The number of rotatable bonds is 0. The lowest BCUT2D eigenvalue weighted by Gasteiger charge is -1.69. The molecule has 46 valence electrons. The molecular formula is C5H9NOS. The van der Waals surface area contributed by atoms with Crippen molar-refractivity contribution in [1.82, 2.24) is 0 Å². The van der Waals surface area contributed by atoms with Gasteiger partial charge in [-0.05, 0) is 11.8 Å². The maximum absolute atomic E-state index is 10.1. The fourth-order valence-electron chi connectivity index (χ4n) is 0.245. The van der Waals surface area contributed by atoms with Crippen LogP contribution in [0.3, 0.4) is 0 Å². The van der Waals surface area contributed by atoms with Crippen LogP contribution in [-0.4, -0.2) is 17.2 Å². The minimum Gasteiger partial charge on any atom is -0.285 e. The predicted molar refractivity (Wildman–Crippen MR) is 37.3 cm³/mol. The minimum atomic E-state index is 0.148. The molecule has 0 bridgehead atoms. The first-order chi connectivity index (χ1) is 3.89. The first-order valence-corrected chi connectivity index (χ1v) is 3.45. The maximum Gasteiger partial charge on any atom is 0.215 e. The Labute approximate surface area is 53.4 Å². The summed E-state index contributed by atoms with van der Waals surface area (Å²) in [6, 6.07) is 0. The third-order valence-electron chi connectivity index (χ3n) is 0.479. The fourth-order valence-corrected chi connectivity index (χ4v) is 0.661. The average Bonchev–Trinajstić information content (AvgIpc) is 2.24. The summed E-state index contributed by atoms with van der Waals surface area (Å²) in [4.78, 5) is 13.7. The minimum absolute atomic E-state index is 0.148. The molecule has 0 saturated carbocycles. The third kappa shape index (κ3) is 2.80. The van der Waals surface area contributed by atoms with Gasteiger partial charge in [-0.25, -0.2) is 0 Å². The molecule has 0 atom stereocenters. The predicted octanol–water partition coefficient (Wildman–Crippen LogP) is 1.31. The van der Waals surface area contributed by atoms with Crippen LogP contribution in [0, 0.1) is 0 Å². The zero-order valence-corrected chi connectivity index (χ0v) is 5.86. The van der Waals surface area contributed by atoms with E-state index in [1.807, 2.05) is 13.8 Å². The second-order valence-electron chi connectivity index (χ2n) is 0.936. The van der Waals surface area contributed by atoms with E-state index in [-0.39, 0.29) is 5.12 Å². The summed E-state index contributed by atoms with van der Waals surface area (Å²) >= 11 is 1.17. The Morgan fingerprint density at radius 2 is 2.38 bits per heavy atom. The Hall–Kier alpha value is -0.310. The van der Waals surface area contributed by atoms with Crippen LogP contribution in [0.1, 0.15) is 13.8 Å². The molecule has 0 aromatic carbocycles. The van der Waals surface area contributed by atoms with Gasteiger partial charge < -0.3 is 0 Å². The summed E-state index contributed by atoms with van der Waals surface area (Å²) in [5.41, 5.74) is 1.57. The zero-order valence-electron chi connectivity index (χ0n) is 5.05. The monoisotopic (exact) mass is 131 g/mol. The molecule has 0 fully saturated rings. The Kier molecular flexibility index (Phi) is 4.65. The van der Waals surface area contributed by atoms with Gasteiger partial charge in [0, 0.05) is 0 Å². The summed E-state index contributed by atoms with van der Waals surface area (Å²) in [6.45, 7) is 4.38. The van der Waals surface area contributed by atoms with Crippen LogP contribution >= 0.6 is 11.8 Å². The Morgan fingerprint density at radius 3 is 2.50 bits per heavy atom. The van der Waals surface area contributed by atoms with E-state index >= 15 is 0 Å². The standard InChI is InChI=1S/C3H3NOS.C2H6/c5-3-1-4-2-6-3;1-2/h2H,1H2;1-2H3. The van der Waals surface area contributed by atoms with Crippen molar-refractivity contribution in [2.75, 3.05) is 6.54 Å². The van der Waals surface area contributed by atoms with Gasteiger partial charge in [0.25, 0.3) is 0 Å². The molecule has 1 aliphatic heterocycles. The Morgan fingerprint density at radius 1 is 1.75 bits per heavy atom. The number of carbonyl (C=O) groups is 1. The molecule has 8 heavy (non-hydrogen) atoms. The number of thioether (sulfide) groups is 1. The lowest BCUT2D eigenvalue weighted by Crippen LogP contribution is -1.85. The third-order valence-corrected chi connectivity index (χ3v) is 1.13.